The van der Waals surface area contributed by atoms with Gasteiger partial charge in [0.05, 0.1) is 38.1 Å². The van der Waals surface area contributed by atoms with E-state index in [1.807, 2.05) is 4.90 Å². The van der Waals surface area contributed by atoms with Crippen LogP contribution in [0.4, 0.5) is 36.1 Å². The first-order valence-corrected chi connectivity index (χ1v) is 12.4. The van der Waals surface area contributed by atoms with E-state index in [0.29, 0.717) is 30.2 Å². The van der Waals surface area contributed by atoms with E-state index in [2.05, 4.69) is 15.0 Å². The fraction of sp³-hybridized carbons (Fsp3) is 0.250. The van der Waals surface area contributed by atoms with Crippen molar-refractivity contribution in [2.24, 2.45) is 0 Å². The number of nitrogens with one attached hydrogen (secondary N) is 2. The summed E-state index contributed by atoms with van der Waals surface area (Å²) in [5.74, 6) is 0.202. The Morgan fingerprint density at radius 3 is 2.41 bits per heavy atom. The van der Waals surface area contributed by atoms with Gasteiger partial charge in [0.25, 0.3) is 10.0 Å². The van der Waals surface area contributed by atoms with Crippen LogP contribution < -0.4 is 14.9 Å². The van der Waals surface area contributed by atoms with E-state index >= 15 is 0 Å². The lowest BCUT2D eigenvalue weighted by molar-refractivity contribution is -0.137. The fourth-order valence-corrected chi connectivity index (χ4v) is 5.28. The van der Waals surface area contributed by atoms with Crippen molar-refractivity contribution in [1.82, 2.24) is 4.98 Å². The number of benzene rings is 2. The second-order valence-corrected chi connectivity index (χ2v) is 9.98. The molecule has 0 bridgehead atoms. The monoisotopic (exact) mass is 502 g/mol. The Labute approximate surface area is 192 Å². The third kappa shape index (κ3) is 4.94. The van der Waals surface area contributed by atoms with Crippen molar-refractivity contribution in [2.45, 2.75) is 23.9 Å². The summed E-state index contributed by atoms with van der Waals surface area (Å²) in [5, 5.41) is 4.72. The average Bonchev–Trinajstić information content (AvgIpc) is 3.43. The number of alkyl halides is 3. The molecule has 0 radical (unpaired) electrons. The quantitative estimate of drug-likeness (QED) is 0.435. The van der Waals surface area contributed by atoms with Gasteiger partial charge in [-0.3, -0.25) is 4.72 Å². The van der Waals surface area contributed by atoms with Crippen LogP contribution in [-0.4, -0.2) is 26.5 Å². The second-order valence-electron chi connectivity index (χ2n) is 7.17. The molecule has 1 fully saturated rings. The molecule has 1 aliphatic heterocycles. The maximum Gasteiger partial charge on any atom is 0.416 e. The number of rotatable bonds is 6. The summed E-state index contributed by atoms with van der Waals surface area (Å²) in [6.45, 7) is 1.31. The average molecular weight is 503 g/mol. The molecule has 1 saturated heterocycles. The van der Waals surface area contributed by atoms with Gasteiger partial charge >= 0.3 is 6.18 Å². The molecule has 32 heavy (non-hydrogen) atoms. The lowest BCUT2D eigenvalue weighted by Crippen LogP contribution is -2.20. The van der Waals surface area contributed by atoms with Crippen LogP contribution in [0, 0.1) is 0 Å². The molecule has 2 N–H and O–H groups in total. The van der Waals surface area contributed by atoms with Crippen LogP contribution in [0.2, 0.25) is 5.02 Å². The molecular weight excluding hydrogens is 485 g/mol. The minimum absolute atomic E-state index is 0.0618. The zero-order valence-corrected chi connectivity index (χ0v) is 18.9. The van der Waals surface area contributed by atoms with Crippen molar-refractivity contribution in [3.05, 3.63) is 57.9 Å². The summed E-state index contributed by atoms with van der Waals surface area (Å²) in [7, 11) is -3.89. The van der Waals surface area contributed by atoms with Gasteiger partial charge < -0.3 is 10.2 Å². The molecule has 1 aromatic heterocycles. The highest BCUT2D eigenvalue weighted by molar-refractivity contribution is 7.92. The molecule has 0 aliphatic carbocycles. The summed E-state index contributed by atoms with van der Waals surface area (Å²) in [6.07, 6.45) is -2.66. The van der Waals surface area contributed by atoms with Crippen molar-refractivity contribution in [3.8, 4) is 0 Å². The van der Waals surface area contributed by atoms with Gasteiger partial charge in [-0.15, -0.1) is 11.3 Å². The van der Waals surface area contributed by atoms with E-state index in [1.54, 1.807) is 5.38 Å². The summed E-state index contributed by atoms with van der Waals surface area (Å²) in [5.41, 5.74) is 2.03. The maximum atomic E-state index is 13.2. The van der Waals surface area contributed by atoms with Gasteiger partial charge in [-0.1, -0.05) is 11.6 Å². The van der Waals surface area contributed by atoms with Crippen LogP contribution in [0.15, 0.2) is 52.2 Å². The van der Waals surface area contributed by atoms with Crippen molar-refractivity contribution in [2.75, 3.05) is 28.0 Å². The lowest BCUT2D eigenvalue weighted by Gasteiger charge is -2.24. The second kappa shape index (κ2) is 8.80. The summed E-state index contributed by atoms with van der Waals surface area (Å²) >= 11 is 7.57. The molecule has 0 spiro atoms. The molecule has 3 aromatic rings. The topological polar surface area (TPSA) is 74.3 Å². The van der Waals surface area contributed by atoms with E-state index in [1.165, 1.54) is 41.1 Å². The van der Waals surface area contributed by atoms with E-state index in [9.17, 15) is 21.6 Å². The number of hydrogen-bond donors (Lipinski definition) is 2. The molecule has 0 saturated carbocycles. The summed E-state index contributed by atoms with van der Waals surface area (Å²) < 4.78 is 67.2. The Morgan fingerprint density at radius 2 is 1.78 bits per heavy atom. The van der Waals surface area contributed by atoms with Crippen LogP contribution in [0.5, 0.6) is 0 Å². The number of nitrogens with zero attached hydrogens (tertiary/aromatic N) is 2. The third-order valence-corrected chi connectivity index (χ3v) is 7.21. The zero-order chi connectivity index (χ0) is 22.9. The van der Waals surface area contributed by atoms with Crippen molar-refractivity contribution in [3.63, 3.8) is 0 Å². The first kappa shape index (κ1) is 22.7. The number of hydrogen-bond acceptors (Lipinski definition) is 6. The Bertz CT molecular complexity index is 1210. The molecule has 4 rings (SSSR count). The summed E-state index contributed by atoms with van der Waals surface area (Å²) in [4.78, 5) is 5.72. The van der Waals surface area contributed by atoms with Crippen LogP contribution >= 0.6 is 22.9 Å². The molecule has 6 nitrogen and oxygen atoms in total. The van der Waals surface area contributed by atoms with Crippen LogP contribution in [-0.2, 0) is 16.2 Å². The molecule has 1 aliphatic rings. The van der Waals surface area contributed by atoms with Crippen molar-refractivity contribution < 1.29 is 21.6 Å². The number of thiazole rings is 1. The first-order valence-electron chi connectivity index (χ1n) is 9.57. The van der Waals surface area contributed by atoms with E-state index in [0.717, 1.165) is 25.0 Å². The highest BCUT2D eigenvalue weighted by atomic mass is 35.5. The molecule has 0 unspecified atom stereocenters. The zero-order valence-electron chi connectivity index (χ0n) is 16.5. The van der Waals surface area contributed by atoms with Gasteiger partial charge in [0.1, 0.15) is 0 Å². The standard InChI is InChI=1S/C20H18ClF3N4O2S2/c21-15-10-14(32(29,30)27-19-11-31-12-25-19)4-6-16(15)26-17-5-3-13(20(22,23)24)9-18(17)28-7-1-2-8-28/h3-6,9-12,26-27H,1-2,7-8H2. The highest BCUT2D eigenvalue weighted by Crippen LogP contribution is 2.39. The van der Waals surface area contributed by atoms with Gasteiger partial charge in [-0.2, -0.15) is 13.2 Å². The predicted octanol–water partition coefficient (Wildman–Crippen LogP) is 5.96. The van der Waals surface area contributed by atoms with Gasteiger partial charge in [-0.05, 0) is 49.2 Å². The largest absolute Gasteiger partial charge is 0.416 e. The minimum Gasteiger partial charge on any atom is -0.370 e. The first-order chi connectivity index (χ1) is 15.1. The Balaban J connectivity index is 1.63. The Kier molecular flexibility index (Phi) is 6.24. The predicted molar refractivity (Wildman–Crippen MR) is 121 cm³/mol. The number of anilines is 4. The smallest absolute Gasteiger partial charge is 0.370 e. The minimum atomic E-state index is -4.45. The van der Waals surface area contributed by atoms with Gasteiger partial charge in [-0.25, -0.2) is 13.4 Å². The number of sulfonamides is 1. The lowest BCUT2D eigenvalue weighted by atomic mass is 10.1. The Morgan fingerprint density at radius 1 is 1.06 bits per heavy atom. The van der Waals surface area contributed by atoms with Crippen LogP contribution in [0.25, 0.3) is 0 Å². The molecule has 12 heteroatoms. The van der Waals surface area contributed by atoms with E-state index in [4.69, 9.17) is 11.6 Å². The number of halogens is 4. The normalized spacial score (nSPS) is 14.6. The SMILES string of the molecule is O=S(=O)(Nc1cscn1)c1ccc(Nc2ccc(C(F)(F)F)cc2N2CCCC2)c(Cl)c1. The van der Waals surface area contributed by atoms with Crippen LogP contribution in [0.3, 0.4) is 0 Å². The van der Waals surface area contributed by atoms with Gasteiger partial charge in [0.2, 0.25) is 0 Å². The van der Waals surface area contributed by atoms with E-state index in [-0.39, 0.29) is 15.7 Å². The Hall–Kier alpha value is -2.50. The third-order valence-electron chi connectivity index (χ3n) is 4.96. The van der Waals surface area contributed by atoms with E-state index < -0.39 is 21.8 Å². The molecule has 0 atom stereocenters. The van der Waals surface area contributed by atoms with Crippen molar-refractivity contribution >= 4 is 55.8 Å². The highest BCUT2D eigenvalue weighted by Gasteiger charge is 2.32. The number of aromatic nitrogens is 1. The molecule has 0 amide bonds. The van der Waals surface area contributed by atoms with Gasteiger partial charge in [0.15, 0.2) is 5.82 Å². The van der Waals surface area contributed by atoms with Gasteiger partial charge in [0, 0.05) is 18.5 Å². The molecule has 2 heterocycles. The van der Waals surface area contributed by atoms with Crippen LogP contribution in [0.1, 0.15) is 18.4 Å². The molecule has 170 valence electrons. The fourth-order valence-electron chi connectivity index (χ4n) is 3.40. The maximum absolute atomic E-state index is 13.2. The summed E-state index contributed by atoms with van der Waals surface area (Å²) in [6, 6.07) is 7.61. The molecular formula is C20H18ClF3N4O2S2. The molecule has 2 aromatic carbocycles. The van der Waals surface area contributed by atoms with Crippen molar-refractivity contribution in [1.29, 1.82) is 0 Å².